The van der Waals surface area contributed by atoms with Gasteiger partial charge in [0.1, 0.15) is 11.2 Å². The first kappa shape index (κ1) is 32.2. The normalized spacial score (nSPS) is 11.3. The van der Waals surface area contributed by atoms with E-state index in [9.17, 15) is 0 Å². The summed E-state index contributed by atoms with van der Waals surface area (Å²) >= 11 is 0. The monoisotopic (exact) mass is 704 g/mol. The zero-order valence-electron chi connectivity index (χ0n) is 29.7. The highest BCUT2D eigenvalue weighted by atomic mass is 16.3. The van der Waals surface area contributed by atoms with Gasteiger partial charge in [-0.1, -0.05) is 152 Å². The van der Waals surface area contributed by atoms with Gasteiger partial charge in [-0.15, -0.1) is 0 Å². The van der Waals surface area contributed by atoms with Crippen molar-refractivity contribution in [2.45, 2.75) is 0 Å². The maximum Gasteiger partial charge on any atom is 0.160 e. The minimum Gasteiger partial charge on any atom is -0.456 e. The highest BCUT2D eigenvalue weighted by Gasteiger charge is 2.15. The summed E-state index contributed by atoms with van der Waals surface area (Å²) < 4.78 is 6.43. The Hall–Kier alpha value is -7.50. The molecule has 7 aromatic carbocycles. The zero-order valence-corrected chi connectivity index (χ0v) is 29.7. The number of nitrogens with zero attached hydrogens (tertiary/aromatic N) is 4. The Balaban J connectivity index is 0.994. The third-order valence-corrected chi connectivity index (χ3v) is 9.94. The first-order valence-electron chi connectivity index (χ1n) is 18.3. The van der Waals surface area contributed by atoms with Gasteiger partial charge in [0.15, 0.2) is 11.6 Å². The lowest BCUT2D eigenvalue weighted by atomic mass is 10.0. The third kappa shape index (κ3) is 6.34. The lowest BCUT2D eigenvalue weighted by Crippen LogP contribution is -1.95. The van der Waals surface area contributed by atoms with Crippen LogP contribution < -0.4 is 0 Å². The molecular formula is C50H32N4O. The number of aromatic nitrogens is 4. The van der Waals surface area contributed by atoms with E-state index in [4.69, 9.17) is 24.4 Å². The molecule has 0 saturated carbocycles. The third-order valence-electron chi connectivity index (χ3n) is 9.94. The summed E-state index contributed by atoms with van der Waals surface area (Å²) in [4.78, 5) is 20.1. The van der Waals surface area contributed by atoms with Gasteiger partial charge in [-0.2, -0.15) is 0 Å². The van der Waals surface area contributed by atoms with Crippen molar-refractivity contribution in [3.63, 3.8) is 0 Å². The molecule has 0 aliphatic rings. The molecule has 0 aliphatic carbocycles. The molecule has 55 heavy (non-hydrogen) atoms. The van der Waals surface area contributed by atoms with Crippen LogP contribution >= 0.6 is 0 Å². The van der Waals surface area contributed by atoms with Crippen molar-refractivity contribution in [3.8, 4) is 78.9 Å². The largest absolute Gasteiger partial charge is 0.456 e. The van der Waals surface area contributed by atoms with Crippen molar-refractivity contribution in [2.75, 3.05) is 0 Å². The van der Waals surface area contributed by atoms with E-state index < -0.39 is 0 Å². The van der Waals surface area contributed by atoms with Crippen molar-refractivity contribution in [3.05, 3.63) is 194 Å². The molecule has 10 aromatic rings. The van der Waals surface area contributed by atoms with Gasteiger partial charge in [-0.3, -0.25) is 0 Å². The van der Waals surface area contributed by atoms with E-state index in [0.717, 1.165) is 89.2 Å². The summed E-state index contributed by atoms with van der Waals surface area (Å²) in [5, 5.41) is 2.06. The lowest BCUT2D eigenvalue weighted by Gasteiger charge is -2.10. The summed E-state index contributed by atoms with van der Waals surface area (Å²) in [6.45, 7) is 0. The maximum atomic E-state index is 6.43. The smallest absolute Gasteiger partial charge is 0.160 e. The van der Waals surface area contributed by atoms with Crippen LogP contribution in [0.2, 0.25) is 0 Å². The molecule has 0 amide bonds. The van der Waals surface area contributed by atoms with E-state index in [2.05, 4.69) is 109 Å². The molecule has 0 bridgehead atoms. The van der Waals surface area contributed by atoms with Gasteiger partial charge in [0.2, 0.25) is 0 Å². The molecule has 10 rings (SSSR count). The van der Waals surface area contributed by atoms with Gasteiger partial charge in [0.25, 0.3) is 0 Å². The summed E-state index contributed by atoms with van der Waals surface area (Å²) in [6.07, 6.45) is 0. The second kappa shape index (κ2) is 13.8. The quantitative estimate of drug-likeness (QED) is 0.165. The fourth-order valence-corrected chi connectivity index (χ4v) is 7.09. The van der Waals surface area contributed by atoms with Crippen LogP contribution in [0.1, 0.15) is 0 Å². The lowest BCUT2D eigenvalue weighted by molar-refractivity contribution is 0.669. The number of hydrogen-bond acceptors (Lipinski definition) is 5. The van der Waals surface area contributed by atoms with Gasteiger partial charge in [0.05, 0.1) is 22.8 Å². The van der Waals surface area contributed by atoms with Crippen molar-refractivity contribution in [2.24, 2.45) is 0 Å². The molecule has 0 unspecified atom stereocenters. The number of benzene rings is 7. The molecule has 0 saturated heterocycles. The van der Waals surface area contributed by atoms with Gasteiger partial charge >= 0.3 is 0 Å². The fourth-order valence-electron chi connectivity index (χ4n) is 7.09. The highest BCUT2D eigenvalue weighted by molar-refractivity contribution is 6.07. The topological polar surface area (TPSA) is 64.7 Å². The maximum absolute atomic E-state index is 6.43. The van der Waals surface area contributed by atoms with Crippen LogP contribution in [0.5, 0.6) is 0 Å². The van der Waals surface area contributed by atoms with E-state index >= 15 is 0 Å². The fraction of sp³-hybridized carbons (Fsp3) is 0. The Morgan fingerprint density at radius 2 is 0.655 bits per heavy atom. The van der Waals surface area contributed by atoms with Crippen LogP contribution in [0.3, 0.4) is 0 Å². The van der Waals surface area contributed by atoms with E-state index in [-0.39, 0.29) is 0 Å². The van der Waals surface area contributed by atoms with Crippen molar-refractivity contribution >= 4 is 21.9 Å². The van der Waals surface area contributed by atoms with E-state index in [1.807, 2.05) is 84.9 Å². The minimum absolute atomic E-state index is 0.669. The van der Waals surface area contributed by atoms with Crippen molar-refractivity contribution in [1.29, 1.82) is 0 Å². The number of fused-ring (bicyclic) bond motifs is 3. The Labute approximate surface area is 318 Å². The van der Waals surface area contributed by atoms with Crippen LogP contribution in [-0.4, -0.2) is 19.9 Å². The Bertz CT molecular complexity index is 2830. The van der Waals surface area contributed by atoms with Crippen LogP contribution in [-0.2, 0) is 0 Å². The SMILES string of the molecule is c1ccc(-c2cc(-c3ccccc3)nc(-c3ccc(-c4ccc5c(c4)oc4ccc(-c6nc(-c7ccccc7)cc(-c7ccccc7)n6)cc45)cc3)n2)cc1. The van der Waals surface area contributed by atoms with Gasteiger partial charge in [0, 0.05) is 44.2 Å². The predicted molar refractivity (Wildman–Crippen MR) is 223 cm³/mol. The number of hydrogen-bond donors (Lipinski definition) is 0. The Kier molecular flexibility index (Phi) is 8.08. The first-order chi connectivity index (χ1) is 27.2. The average Bonchev–Trinajstić information content (AvgIpc) is 3.64. The number of furan rings is 1. The Morgan fingerprint density at radius 1 is 0.255 bits per heavy atom. The Morgan fingerprint density at radius 3 is 1.13 bits per heavy atom. The van der Waals surface area contributed by atoms with Gasteiger partial charge in [-0.05, 0) is 53.6 Å². The molecule has 5 heteroatoms. The zero-order chi connectivity index (χ0) is 36.6. The van der Waals surface area contributed by atoms with Crippen LogP contribution in [0.25, 0.3) is 101 Å². The van der Waals surface area contributed by atoms with E-state index in [1.54, 1.807) is 0 Å². The van der Waals surface area contributed by atoms with E-state index in [0.29, 0.717) is 11.6 Å². The summed E-state index contributed by atoms with van der Waals surface area (Å²) in [6, 6.07) is 66.2. The van der Waals surface area contributed by atoms with Gasteiger partial charge in [-0.25, -0.2) is 19.9 Å². The highest BCUT2D eigenvalue weighted by Crippen LogP contribution is 2.36. The average molecular weight is 705 g/mol. The number of rotatable bonds is 7. The summed E-state index contributed by atoms with van der Waals surface area (Å²) in [7, 11) is 0. The summed E-state index contributed by atoms with van der Waals surface area (Å²) in [5.74, 6) is 1.35. The molecule has 0 aliphatic heterocycles. The predicted octanol–water partition coefficient (Wildman–Crippen LogP) is 12.8. The molecule has 0 fully saturated rings. The van der Waals surface area contributed by atoms with Crippen LogP contribution in [0.4, 0.5) is 0 Å². The van der Waals surface area contributed by atoms with Crippen molar-refractivity contribution < 1.29 is 4.42 Å². The van der Waals surface area contributed by atoms with E-state index in [1.165, 1.54) is 0 Å². The molecular weight excluding hydrogens is 673 g/mol. The van der Waals surface area contributed by atoms with Crippen LogP contribution in [0, 0.1) is 0 Å². The molecule has 0 radical (unpaired) electrons. The standard InChI is InChI=1S/C50H32N4O/c1-5-13-34(14-6-1)43-31-44(35-15-7-2-8-16-35)52-49(51-43)38-23-21-33(22-24-38)39-25-27-41-42-29-40(26-28-47(42)55-48(41)30-39)50-53-45(36-17-9-3-10-18-36)32-46(54-50)37-19-11-4-12-20-37/h1-32H. The second-order valence-corrected chi connectivity index (χ2v) is 13.5. The van der Waals surface area contributed by atoms with Gasteiger partial charge < -0.3 is 4.42 Å². The molecule has 3 aromatic heterocycles. The van der Waals surface area contributed by atoms with Crippen LogP contribution in [0.15, 0.2) is 199 Å². The molecule has 5 nitrogen and oxygen atoms in total. The molecule has 0 spiro atoms. The molecule has 0 atom stereocenters. The summed E-state index contributed by atoms with van der Waals surface area (Å²) in [5.41, 5.74) is 13.4. The molecule has 258 valence electrons. The first-order valence-corrected chi connectivity index (χ1v) is 18.3. The minimum atomic E-state index is 0.669. The van der Waals surface area contributed by atoms with Crippen molar-refractivity contribution in [1.82, 2.24) is 19.9 Å². The molecule has 0 N–H and O–H groups in total. The second-order valence-electron chi connectivity index (χ2n) is 13.5. The molecule has 3 heterocycles.